The molecule has 0 fully saturated rings. The zero-order valence-electron chi connectivity index (χ0n) is 30.9. The minimum Gasteiger partial charge on any atom is -0.308 e. The van der Waals surface area contributed by atoms with Gasteiger partial charge in [-0.05, 0) is 102 Å². The first-order valence-corrected chi connectivity index (χ1v) is 20.6. The molecular formula is C55H33NS. The van der Waals surface area contributed by atoms with E-state index in [9.17, 15) is 0 Å². The minimum absolute atomic E-state index is 0.525. The van der Waals surface area contributed by atoms with E-state index in [4.69, 9.17) is 0 Å². The number of para-hydroxylation sites is 1. The lowest BCUT2D eigenvalue weighted by atomic mass is 9.68. The highest BCUT2D eigenvalue weighted by molar-refractivity contribution is 7.26. The smallest absolute Gasteiger partial charge is 0.0737 e. The Hall–Kier alpha value is -7.00. The molecule has 0 saturated heterocycles. The fraction of sp³-hybridized carbons (Fsp3) is 0.0182. The molecular weight excluding hydrogens is 707 g/mol. The highest BCUT2D eigenvalue weighted by Gasteiger charge is 2.54. The average Bonchev–Trinajstić information content (AvgIpc) is 3.92. The van der Waals surface area contributed by atoms with Crippen molar-refractivity contribution in [2.45, 2.75) is 5.41 Å². The monoisotopic (exact) mass is 739 g/mol. The molecule has 0 unspecified atom stereocenters. The number of thiophene rings is 1. The van der Waals surface area contributed by atoms with Crippen molar-refractivity contribution in [2.24, 2.45) is 0 Å². The van der Waals surface area contributed by atoms with E-state index in [0.717, 1.165) is 5.69 Å². The van der Waals surface area contributed by atoms with Gasteiger partial charge in [0.25, 0.3) is 0 Å². The standard InChI is InChI=1S/C55H33NS/c1-2-17-34(18-3-1)56(48-31-16-28-44-40-24-12-15-32-50(40)57-54(44)48)49-33-45-51-41-25-7-4-19-35(41)36-20-5-8-26-42(36)53(51)55(52(45)43-27-9-6-23-39(43)49)46-29-13-10-21-37(46)38-22-11-14-30-47(38)55/h1-33H. The van der Waals surface area contributed by atoms with Crippen LogP contribution in [0, 0.1) is 0 Å². The number of benzene rings is 10. The van der Waals surface area contributed by atoms with Gasteiger partial charge in [0, 0.05) is 26.5 Å². The van der Waals surface area contributed by atoms with Gasteiger partial charge in [0.1, 0.15) is 0 Å². The minimum atomic E-state index is -0.525. The molecule has 0 radical (unpaired) electrons. The summed E-state index contributed by atoms with van der Waals surface area (Å²) in [5.41, 5.74) is 13.8. The van der Waals surface area contributed by atoms with E-state index in [0.29, 0.717) is 0 Å². The molecule has 1 spiro atoms. The van der Waals surface area contributed by atoms with Crippen molar-refractivity contribution < 1.29 is 0 Å². The van der Waals surface area contributed by atoms with Crippen LogP contribution >= 0.6 is 11.3 Å². The summed E-state index contributed by atoms with van der Waals surface area (Å²) in [6.45, 7) is 0. The van der Waals surface area contributed by atoms with Gasteiger partial charge in [-0.15, -0.1) is 11.3 Å². The van der Waals surface area contributed by atoms with Crippen LogP contribution in [-0.2, 0) is 5.41 Å². The third-order valence-corrected chi connectivity index (χ3v) is 14.0. The summed E-state index contributed by atoms with van der Waals surface area (Å²) in [4.78, 5) is 2.53. The second kappa shape index (κ2) is 11.5. The van der Waals surface area contributed by atoms with E-state index in [-0.39, 0.29) is 0 Å². The maximum atomic E-state index is 2.55. The Kier molecular flexibility index (Phi) is 6.31. The topological polar surface area (TPSA) is 3.24 Å². The predicted octanol–water partition coefficient (Wildman–Crippen LogP) is 15.3. The van der Waals surface area contributed by atoms with Crippen LogP contribution < -0.4 is 4.90 Å². The van der Waals surface area contributed by atoms with Crippen LogP contribution in [0.1, 0.15) is 22.3 Å². The van der Waals surface area contributed by atoms with Gasteiger partial charge >= 0.3 is 0 Å². The molecule has 1 nitrogen and oxygen atoms in total. The Bertz CT molecular complexity index is 3440. The molecule has 0 N–H and O–H groups in total. The first-order chi connectivity index (χ1) is 28.3. The van der Waals surface area contributed by atoms with Crippen LogP contribution in [0.25, 0.3) is 74.7 Å². The summed E-state index contributed by atoms with van der Waals surface area (Å²) in [6.07, 6.45) is 0. The Morgan fingerprint density at radius 2 is 0.877 bits per heavy atom. The molecule has 10 aromatic carbocycles. The normalized spacial score (nSPS) is 13.4. The van der Waals surface area contributed by atoms with Gasteiger partial charge in [-0.25, -0.2) is 0 Å². The maximum Gasteiger partial charge on any atom is 0.0737 e. The van der Waals surface area contributed by atoms with Crippen molar-refractivity contribution in [3.05, 3.63) is 222 Å². The highest BCUT2D eigenvalue weighted by Crippen LogP contribution is 2.67. The van der Waals surface area contributed by atoms with Gasteiger partial charge in [-0.2, -0.15) is 0 Å². The largest absolute Gasteiger partial charge is 0.308 e. The number of nitrogens with zero attached hydrogens (tertiary/aromatic N) is 1. The van der Waals surface area contributed by atoms with Crippen LogP contribution in [-0.4, -0.2) is 0 Å². The van der Waals surface area contributed by atoms with Crippen LogP contribution in [0.15, 0.2) is 200 Å². The molecule has 0 atom stereocenters. The maximum absolute atomic E-state index is 2.55. The van der Waals surface area contributed by atoms with Crippen LogP contribution in [0.2, 0.25) is 0 Å². The Morgan fingerprint density at radius 3 is 1.60 bits per heavy atom. The van der Waals surface area contributed by atoms with Crippen molar-refractivity contribution >= 4 is 80.9 Å². The van der Waals surface area contributed by atoms with E-state index < -0.39 is 5.41 Å². The summed E-state index contributed by atoms with van der Waals surface area (Å²) < 4.78 is 2.60. The molecule has 0 aliphatic heterocycles. The number of hydrogen-bond acceptors (Lipinski definition) is 2. The SMILES string of the molecule is c1ccc(N(c2cc3c(c4ccccc24)C2(c4ccccc4-c4ccccc42)c2c-3c3ccccc3c3ccccc23)c2cccc3c2sc2ccccc23)cc1. The quantitative estimate of drug-likeness (QED) is 0.163. The van der Waals surface area contributed by atoms with E-state index in [1.165, 1.54) is 108 Å². The lowest BCUT2D eigenvalue weighted by Crippen LogP contribution is -2.26. The van der Waals surface area contributed by atoms with Gasteiger partial charge in [0.15, 0.2) is 0 Å². The number of hydrogen-bond donors (Lipinski definition) is 0. The molecule has 0 saturated carbocycles. The van der Waals surface area contributed by atoms with E-state index in [1.54, 1.807) is 0 Å². The molecule has 0 bridgehead atoms. The third kappa shape index (κ3) is 3.98. The van der Waals surface area contributed by atoms with Gasteiger partial charge in [0.05, 0.1) is 21.5 Å². The Morgan fingerprint density at radius 1 is 0.351 bits per heavy atom. The van der Waals surface area contributed by atoms with Crippen LogP contribution in [0.5, 0.6) is 0 Å². The molecule has 2 aliphatic carbocycles. The molecule has 0 amide bonds. The van der Waals surface area contributed by atoms with Crippen molar-refractivity contribution in [3.8, 4) is 22.3 Å². The number of anilines is 3. The highest BCUT2D eigenvalue weighted by atomic mass is 32.1. The predicted molar refractivity (Wildman–Crippen MR) is 243 cm³/mol. The van der Waals surface area contributed by atoms with E-state index >= 15 is 0 Å². The van der Waals surface area contributed by atoms with Crippen molar-refractivity contribution in [3.63, 3.8) is 0 Å². The molecule has 1 aromatic heterocycles. The van der Waals surface area contributed by atoms with Crippen molar-refractivity contribution in [1.29, 1.82) is 0 Å². The lowest BCUT2D eigenvalue weighted by Gasteiger charge is -2.33. The van der Waals surface area contributed by atoms with Crippen molar-refractivity contribution in [1.82, 2.24) is 0 Å². The van der Waals surface area contributed by atoms with Gasteiger partial charge in [-0.3, -0.25) is 0 Å². The number of rotatable bonds is 3. The lowest BCUT2D eigenvalue weighted by molar-refractivity contribution is 0.809. The summed E-state index contributed by atoms with van der Waals surface area (Å²) in [6, 6.07) is 75.0. The van der Waals surface area contributed by atoms with Crippen LogP contribution in [0.3, 0.4) is 0 Å². The molecule has 11 aromatic rings. The zero-order valence-corrected chi connectivity index (χ0v) is 31.7. The van der Waals surface area contributed by atoms with Crippen molar-refractivity contribution in [2.75, 3.05) is 4.90 Å². The molecule has 57 heavy (non-hydrogen) atoms. The van der Waals surface area contributed by atoms with Gasteiger partial charge in [-0.1, -0.05) is 170 Å². The zero-order chi connectivity index (χ0) is 37.2. The van der Waals surface area contributed by atoms with Gasteiger partial charge in [0.2, 0.25) is 0 Å². The summed E-state index contributed by atoms with van der Waals surface area (Å²) in [5.74, 6) is 0. The first kappa shape index (κ1) is 31.2. The Balaban J connectivity index is 1.25. The third-order valence-electron chi connectivity index (χ3n) is 12.8. The fourth-order valence-electron chi connectivity index (χ4n) is 10.7. The molecule has 2 heteroatoms. The van der Waals surface area contributed by atoms with E-state index in [1.807, 2.05) is 11.3 Å². The molecule has 264 valence electrons. The summed E-state index contributed by atoms with van der Waals surface area (Å²) in [5, 5.41) is 10.3. The number of fused-ring (bicyclic) bond motifs is 20. The van der Waals surface area contributed by atoms with Crippen LogP contribution in [0.4, 0.5) is 17.1 Å². The second-order valence-corrected chi connectivity index (χ2v) is 16.5. The average molecular weight is 740 g/mol. The second-order valence-electron chi connectivity index (χ2n) is 15.5. The van der Waals surface area contributed by atoms with Gasteiger partial charge < -0.3 is 4.90 Å². The van der Waals surface area contributed by atoms with E-state index in [2.05, 4.69) is 205 Å². The summed E-state index contributed by atoms with van der Waals surface area (Å²) in [7, 11) is 0. The first-order valence-electron chi connectivity index (χ1n) is 19.8. The summed E-state index contributed by atoms with van der Waals surface area (Å²) >= 11 is 1.89. The fourth-order valence-corrected chi connectivity index (χ4v) is 12.0. The Labute approximate surface area is 334 Å². The molecule has 1 heterocycles. The molecule has 13 rings (SSSR count). The molecule has 2 aliphatic rings.